The highest BCUT2D eigenvalue weighted by Crippen LogP contribution is 2.21. The number of carbonyl (C=O) groups is 2. The Balaban J connectivity index is 1.88. The molecule has 1 aromatic rings. The Morgan fingerprint density at radius 2 is 1.83 bits per heavy atom. The van der Waals surface area contributed by atoms with Gasteiger partial charge in [0.15, 0.2) is 12.1 Å². The van der Waals surface area contributed by atoms with Gasteiger partial charge in [-0.05, 0) is 45.1 Å². The van der Waals surface area contributed by atoms with E-state index in [-0.39, 0.29) is 24.9 Å². The van der Waals surface area contributed by atoms with Gasteiger partial charge in [-0.2, -0.15) is 0 Å². The van der Waals surface area contributed by atoms with Crippen molar-refractivity contribution in [3.8, 4) is 0 Å². The van der Waals surface area contributed by atoms with Crippen LogP contribution in [0, 0.1) is 0 Å². The molecule has 1 saturated heterocycles. The summed E-state index contributed by atoms with van der Waals surface area (Å²) in [6, 6.07) is 8.69. The number of ether oxygens (including phenoxy) is 3. The molecule has 0 bridgehead atoms. The summed E-state index contributed by atoms with van der Waals surface area (Å²) < 4.78 is 16.5. The molecule has 0 spiro atoms. The van der Waals surface area contributed by atoms with Crippen molar-refractivity contribution in [2.45, 2.75) is 70.9 Å². The summed E-state index contributed by atoms with van der Waals surface area (Å²) in [7, 11) is 0. The largest absolute Gasteiger partial charge is 0.445 e. The summed E-state index contributed by atoms with van der Waals surface area (Å²) in [5.41, 5.74) is 7.09. The van der Waals surface area contributed by atoms with E-state index in [1.54, 1.807) is 4.90 Å². The molecule has 1 fully saturated rings. The smallest absolute Gasteiger partial charge is 0.410 e. The number of rotatable bonds is 11. The quantitative estimate of drug-likeness (QED) is 0.567. The highest BCUT2D eigenvalue weighted by Gasteiger charge is 2.33. The van der Waals surface area contributed by atoms with E-state index in [0.717, 1.165) is 18.4 Å². The van der Waals surface area contributed by atoms with Gasteiger partial charge in [0, 0.05) is 26.2 Å². The van der Waals surface area contributed by atoms with Gasteiger partial charge >= 0.3 is 6.09 Å². The maximum absolute atomic E-state index is 12.8. The minimum absolute atomic E-state index is 0.0172. The monoisotopic (exact) mass is 406 g/mol. The van der Waals surface area contributed by atoms with Gasteiger partial charge < -0.3 is 19.9 Å². The van der Waals surface area contributed by atoms with E-state index in [2.05, 4.69) is 0 Å². The van der Waals surface area contributed by atoms with E-state index in [9.17, 15) is 9.59 Å². The molecule has 0 radical (unpaired) electrons. The van der Waals surface area contributed by atoms with E-state index < -0.39 is 18.4 Å². The first kappa shape index (κ1) is 23.3. The molecular formula is C22H34N2O5. The number of amides is 1. The molecule has 1 unspecified atom stereocenters. The van der Waals surface area contributed by atoms with Crippen LogP contribution in [-0.2, 0) is 25.6 Å². The van der Waals surface area contributed by atoms with Crippen molar-refractivity contribution in [3.05, 3.63) is 35.9 Å². The van der Waals surface area contributed by atoms with Crippen LogP contribution < -0.4 is 5.73 Å². The van der Waals surface area contributed by atoms with Gasteiger partial charge in [0.2, 0.25) is 0 Å². The van der Waals surface area contributed by atoms with Crippen LogP contribution in [0.25, 0.3) is 0 Å². The molecule has 1 heterocycles. The molecule has 2 atom stereocenters. The second-order valence-corrected chi connectivity index (χ2v) is 7.19. The highest BCUT2D eigenvalue weighted by atomic mass is 16.7. The van der Waals surface area contributed by atoms with Crippen molar-refractivity contribution in [1.29, 1.82) is 0 Å². The average Bonchev–Trinajstić information content (AvgIpc) is 2.76. The number of nitrogens with zero attached hydrogens (tertiary/aromatic N) is 1. The Morgan fingerprint density at radius 1 is 1.14 bits per heavy atom. The van der Waals surface area contributed by atoms with Crippen LogP contribution in [0.4, 0.5) is 4.79 Å². The Labute approximate surface area is 173 Å². The van der Waals surface area contributed by atoms with E-state index in [0.29, 0.717) is 32.6 Å². The fourth-order valence-electron chi connectivity index (χ4n) is 3.52. The van der Waals surface area contributed by atoms with Crippen LogP contribution in [0.15, 0.2) is 30.3 Å². The summed E-state index contributed by atoms with van der Waals surface area (Å²) in [6.45, 7) is 5.49. The van der Waals surface area contributed by atoms with Gasteiger partial charge in [-0.15, -0.1) is 0 Å². The Morgan fingerprint density at radius 3 is 2.48 bits per heavy atom. The van der Waals surface area contributed by atoms with Crippen molar-refractivity contribution < 1.29 is 23.8 Å². The summed E-state index contributed by atoms with van der Waals surface area (Å²) in [6.07, 6.45) is 2.24. The lowest BCUT2D eigenvalue weighted by molar-refractivity contribution is -0.150. The lowest BCUT2D eigenvalue weighted by Crippen LogP contribution is -2.48. The van der Waals surface area contributed by atoms with E-state index in [1.807, 2.05) is 44.2 Å². The van der Waals surface area contributed by atoms with Gasteiger partial charge in [-0.1, -0.05) is 30.3 Å². The van der Waals surface area contributed by atoms with Crippen molar-refractivity contribution in [3.63, 3.8) is 0 Å². The zero-order valence-electron chi connectivity index (χ0n) is 17.5. The SMILES string of the molecule is CCOC(OCC)C(N)CCC(=O)[C@@H]1CCCCN1C(=O)OCc1ccccc1. The van der Waals surface area contributed by atoms with Crippen LogP contribution in [0.5, 0.6) is 0 Å². The molecule has 0 saturated carbocycles. The molecule has 0 aliphatic carbocycles. The van der Waals surface area contributed by atoms with Crippen LogP contribution in [0.1, 0.15) is 51.5 Å². The predicted octanol–water partition coefficient (Wildman–Crippen LogP) is 3.25. The van der Waals surface area contributed by atoms with Gasteiger partial charge in [-0.25, -0.2) is 4.79 Å². The minimum Gasteiger partial charge on any atom is -0.445 e. The van der Waals surface area contributed by atoms with Crippen molar-refractivity contribution in [1.82, 2.24) is 4.90 Å². The topological polar surface area (TPSA) is 91.1 Å². The summed E-state index contributed by atoms with van der Waals surface area (Å²) in [5, 5.41) is 0. The Kier molecular flexibility index (Phi) is 10.1. The minimum atomic E-state index is -0.518. The zero-order chi connectivity index (χ0) is 21.1. The number of likely N-dealkylation sites (tertiary alicyclic amines) is 1. The molecular weight excluding hydrogens is 372 g/mol. The number of piperidine rings is 1. The summed E-state index contributed by atoms with van der Waals surface area (Å²) in [5.74, 6) is 0.0172. The number of hydrogen-bond acceptors (Lipinski definition) is 6. The molecule has 0 aromatic heterocycles. The maximum atomic E-state index is 12.8. The van der Waals surface area contributed by atoms with E-state index in [4.69, 9.17) is 19.9 Å². The summed E-state index contributed by atoms with van der Waals surface area (Å²) in [4.78, 5) is 27.0. The van der Waals surface area contributed by atoms with Crippen LogP contribution >= 0.6 is 0 Å². The molecule has 7 heteroatoms. The second kappa shape index (κ2) is 12.6. The van der Waals surface area contributed by atoms with Gasteiger partial charge in [-0.3, -0.25) is 9.69 Å². The first-order chi connectivity index (χ1) is 14.1. The van der Waals surface area contributed by atoms with Gasteiger partial charge in [0.25, 0.3) is 0 Å². The fourth-order valence-corrected chi connectivity index (χ4v) is 3.52. The first-order valence-electron chi connectivity index (χ1n) is 10.6. The standard InChI is InChI=1S/C22H34N2O5/c1-3-27-21(28-4-2)18(23)13-14-20(25)19-12-8-9-15-24(19)22(26)29-16-17-10-6-5-7-11-17/h5-7,10-11,18-19,21H,3-4,8-9,12-16,23H2,1-2H3/t18?,19-/m0/s1. The molecule has 29 heavy (non-hydrogen) atoms. The molecule has 7 nitrogen and oxygen atoms in total. The molecule has 1 aromatic carbocycles. The lowest BCUT2D eigenvalue weighted by atomic mass is 9.95. The second-order valence-electron chi connectivity index (χ2n) is 7.19. The predicted molar refractivity (Wildman–Crippen MR) is 110 cm³/mol. The average molecular weight is 407 g/mol. The normalized spacial score (nSPS) is 17.9. The van der Waals surface area contributed by atoms with Gasteiger partial charge in [0.1, 0.15) is 6.61 Å². The van der Waals surface area contributed by atoms with Gasteiger partial charge in [0.05, 0.1) is 12.1 Å². The molecule has 1 aliphatic heterocycles. The third-order valence-electron chi connectivity index (χ3n) is 5.05. The number of carbonyl (C=O) groups excluding carboxylic acids is 2. The molecule has 1 aliphatic rings. The number of Topliss-reactive ketones (excluding diaryl/α,β-unsaturated/α-hetero) is 1. The zero-order valence-corrected chi connectivity index (χ0v) is 17.5. The fraction of sp³-hybridized carbons (Fsp3) is 0.636. The van der Waals surface area contributed by atoms with E-state index in [1.165, 1.54) is 0 Å². The van der Waals surface area contributed by atoms with Crippen LogP contribution in [-0.4, -0.2) is 54.9 Å². The van der Waals surface area contributed by atoms with Crippen molar-refractivity contribution in [2.75, 3.05) is 19.8 Å². The first-order valence-corrected chi connectivity index (χ1v) is 10.6. The maximum Gasteiger partial charge on any atom is 0.410 e. The molecule has 2 rings (SSSR count). The molecule has 1 amide bonds. The van der Waals surface area contributed by atoms with Crippen LogP contribution in [0.3, 0.4) is 0 Å². The Bertz CT molecular complexity index is 619. The van der Waals surface area contributed by atoms with Crippen LogP contribution in [0.2, 0.25) is 0 Å². The Hall–Kier alpha value is -1.96. The number of nitrogens with two attached hydrogens (primary N) is 1. The molecule has 162 valence electrons. The van der Waals surface area contributed by atoms with Crippen molar-refractivity contribution in [2.24, 2.45) is 5.73 Å². The third-order valence-corrected chi connectivity index (χ3v) is 5.05. The highest BCUT2D eigenvalue weighted by molar-refractivity contribution is 5.87. The lowest BCUT2D eigenvalue weighted by Gasteiger charge is -2.34. The van der Waals surface area contributed by atoms with Crippen molar-refractivity contribution >= 4 is 11.9 Å². The molecule has 2 N–H and O–H groups in total. The number of hydrogen-bond donors (Lipinski definition) is 1. The third kappa shape index (κ3) is 7.42. The number of ketones is 1. The summed E-state index contributed by atoms with van der Waals surface area (Å²) >= 11 is 0. The number of benzene rings is 1. The van der Waals surface area contributed by atoms with E-state index >= 15 is 0 Å².